The Hall–Kier alpha value is -1.52. The quantitative estimate of drug-likeness (QED) is 0.912. The summed E-state index contributed by atoms with van der Waals surface area (Å²) in [5.74, 6) is 0. The Morgan fingerprint density at radius 1 is 1.42 bits per heavy atom. The molecule has 0 saturated carbocycles. The van der Waals surface area contributed by atoms with Crippen LogP contribution >= 0.6 is 11.6 Å². The summed E-state index contributed by atoms with van der Waals surface area (Å²) in [5.41, 5.74) is 3.40. The highest BCUT2D eigenvalue weighted by Crippen LogP contribution is 2.24. The van der Waals surface area contributed by atoms with E-state index in [9.17, 15) is 0 Å². The SMILES string of the molecule is CNCc1ccc(N(C)Cc2cnn(C)c2)cc1Cl. The first-order valence-corrected chi connectivity index (χ1v) is 6.59. The van der Waals surface area contributed by atoms with Crippen molar-refractivity contribution in [1.29, 1.82) is 0 Å². The van der Waals surface area contributed by atoms with Crippen LogP contribution in [0, 0.1) is 0 Å². The molecule has 1 N–H and O–H groups in total. The van der Waals surface area contributed by atoms with E-state index in [4.69, 9.17) is 11.6 Å². The highest BCUT2D eigenvalue weighted by molar-refractivity contribution is 6.31. The van der Waals surface area contributed by atoms with E-state index in [0.29, 0.717) is 0 Å². The minimum Gasteiger partial charge on any atom is -0.370 e. The normalized spacial score (nSPS) is 10.7. The maximum atomic E-state index is 6.28. The molecule has 0 amide bonds. The number of anilines is 1. The molecule has 0 aliphatic rings. The molecule has 2 aromatic rings. The van der Waals surface area contributed by atoms with Crippen LogP contribution in [0.3, 0.4) is 0 Å². The average molecular weight is 279 g/mol. The van der Waals surface area contributed by atoms with E-state index in [1.807, 2.05) is 37.2 Å². The summed E-state index contributed by atoms with van der Waals surface area (Å²) < 4.78 is 1.81. The van der Waals surface area contributed by atoms with Gasteiger partial charge in [0.25, 0.3) is 0 Å². The molecule has 19 heavy (non-hydrogen) atoms. The Bertz CT molecular complexity index is 550. The van der Waals surface area contributed by atoms with E-state index < -0.39 is 0 Å². The minimum absolute atomic E-state index is 0.783. The molecule has 0 atom stereocenters. The maximum absolute atomic E-state index is 6.28. The standard InChI is InChI=1S/C14H19ClN4/c1-16-8-12-4-5-13(6-14(12)15)18(2)9-11-7-17-19(3)10-11/h4-7,10,16H,8-9H2,1-3H3. The number of hydrogen-bond donors (Lipinski definition) is 1. The Morgan fingerprint density at radius 2 is 2.21 bits per heavy atom. The lowest BCUT2D eigenvalue weighted by Gasteiger charge is -2.19. The molecule has 1 aromatic carbocycles. The predicted molar refractivity (Wildman–Crippen MR) is 79.5 cm³/mol. The van der Waals surface area contributed by atoms with Crippen LogP contribution in [0.5, 0.6) is 0 Å². The van der Waals surface area contributed by atoms with Gasteiger partial charge in [0.05, 0.1) is 6.20 Å². The summed E-state index contributed by atoms with van der Waals surface area (Å²) in [7, 11) is 5.89. The van der Waals surface area contributed by atoms with E-state index in [-0.39, 0.29) is 0 Å². The molecule has 1 aromatic heterocycles. The van der Waals surface area contributed by atoms with Crippen molar-refractivity contribution in [3.05, 3.63) is 46.7 Å². The highest BCUT2D eigenvalue weighted by atomic mass is 35.5. The van der Waals surface area contributed by atoms with Crippen LogP contribution in [0.25, 0.3) is 0 Å². The Balaban J connectivity index is 2.10. The van der Waals surface area contributed by atoms with Crippen molar-refractivity contribution in [2.45, 2.75) is 13.1 Å². The van der Waals surface area contributed by atoms with Crippen LogP contribution in [0.1, 0.15) is 11.1 Å². The molecule has 0 saturated heterocycles. The molecule has 0 radical (unpaired) electrons. The molecular weight excluding hydrogens is 260 g/mol. The first-order valence-electron chi connectivity index (χ1n) is 6.22. The van der Waals surface area contributed by atoms with Crippen molar-refractivity contribution in [1.82, 2.24) is 15.1 Å². The number of aryl methyl sites for hydroxylation is 1. The monoisotopic (exact) mass is 278 g/mol. The van der Waals surface area contributed by atoms with E-state index in [0.717, 1.165) is 29.4 Å². The maximum Gasteiger partial charge on any atom is 0.0539 e. The predicted octanol–water partition coefficient (Wildman–Crippen LogP) is 2.43. The lowest BCUT2D eigenvalue weighted by molar-refractivity contribution is 0.766. The average Bonchev–Trinajstić information content (AvgIpc) is 2.77. The molecule has 0 bridgehead atoms. The van der Waals surface area contributed by atoms with E-state index in [1.165, 1.54) is 5.56 Å². The zero-order valence-electron chi connectivity index (χ0n) is 11.5. The molecule has 0 unspecified atom stereocenters. The van der Waals surface area contributed by atoms with Gasteiger partial charge in [0.2, 0.25) is 0 Å². The van der Waals surface area contributed by atoms with Crippen LogP contribution in [-0.4, -0.2) is 23.9 Å². The van der Waals surface area contributed by atoms with Crippen molar-refractivity contribution in [3.8, 4) is 0 Å². The fraction of sp³-hybridized carbons (Fsp3) is 0.357. The molecule has 0 aliphatic carbocycles. The summed E-state index contributed by atoms with van der Waals surface area (Å²) in [6, 6.07) is 6.16. The first kappa shape index (κ1) is 13.9. The van der Waals surface area contributed by atoms with E-state index in [1.54, 1.807) is 0 Å². The highest BCUT2D eigenvalue weighted by Gasteiger charge is 2.06. The Morgan fingerprint density at radius 3 is 2.79 bits per heavy atom. The number of hydrogen-bond acceptors (Lipinski definition) is 3. The zero-order chi connectivity index (χ0) is 13.8. The summed E-state index contributed by atoms with van der Waals surface area (Å²) in [5, 5.41) is 8.08. The van der Waals surface area contributed by atoms with Gasteiger partial charge in [0.1, 0.15) is 0 Å². The Labute approximate surface area is 119 Å². The minimum atomic E-state index is 0.783. The van der Waals surface area contributed by atoms with Gasteiger partial charge in [-0.25, -0.2) is 0 Å². The largest absolute Gasteiger partial charge is 0.370 e. The van der Waals surface area contributed by atoms with Crippen LogP contribution < -0.4 is 10.2 Å². The second-order valence-electron chi connectivity index (χ2n) is 4.68. The summed E-state index contributed by atoms with van der Waals surface area (Å²) >= 11 is 6.28. The van der Waals surface area contributed by atoms with Crippen LogP contribution in [0.15, 0.2) is 30.6 Å². The van der Waals surface area contributed by atoms with Gasteiger partial charge in [-0.1, -0.05) is 17.7 Å². The van der Waals surface area contributed by atoms with Gasteiger partial charge >= 0.3 is 0 Å². The van der Waals surface area contributed by atoms with E-state index in [2.05, 4.69) is 34.5 Å². The van der Waals surface area contributed by atoms with Gasteiger partial charge in [0.15, 0.2) is 0 Å². The molecule has 102 valence electrons. The number of nitrogens with one attached hydrogen (secondary N) is 1. The fourth-order valence-electron chi connectivity index (χ4n) is 2.03. The number of rotatable bonds is 5. The molecule has 1 heterocycles. The fourth-order valence-corrected chi connectivity index (χ4v) is 2.27. The Kier molecular flexibility index (Phi) is 4.45. The van der Waals surface area contributed by atoms with Crippen molar-refractivity contribution in [2.24, 2.45) is 7.05 Å². The third kappa shape index (κ3) is 3.49. The number of nitrogens with zero attached hydrogens (tertiary/aromatic N) is 3. The van der Waals surface area contributed by atoms with Gasteiger partial charge in [0, 0.05) is 49.7 Å². The molecule has 0 fully saturated rings. The van der Waals surface area contributed by atoms with Gasteiger partial charge in [-0.15, -0.1) is 0 Å². The summed E-state index contributed by atoms with van der Waals surface area (Å²) in [6.45, 7) is 1.60. The van der Waals surface area contributed by atoms with Crippen LogP contribution in [0.4, 0.5) is 5.69 Å². The third-order valence-corrected chi connectivity index (χ3v) is 3.37. The van der Waals surface area contributed by atoms with Gasteiger partial charge in [-0.2, -0.15) is 5.10 Å². The van der Waals surface area contributed by atoms with Gasteiger partial charge in [-0.05, 0) is 24.7 Å². The van der Waals surface area contributed by atoms with E-state index >= 15 is 0 Å². The van der Waals surface area contributed by atoms with Crippen molar-refractivity contribution in [2.75, 3.05) is 19.0 Å². The summed E-state index contributed by atoms with van der Waals surface area (Å²) in [4.78, 5) is 2.16. The van der Waals surface area contributed by atoms with Crippen molar-refractivity contribution >= 4 is 17.3 Å². The number of halogens is 1. The molecule has 0 aliphatic heterocycles. The van der Waals surface area contributed by atoms with Crippen LogP contribution in [-0.2, 0) is 20.1 Å². The zero-order valence-corrected chi connectivity index (χ0v) is 12.3. The number of aromatic nitrogens is 2. The lowest BCUT2D eigenvalue weighted by atomic mass is 10.2. The molecule has 0 spiro atoms. The van der Waals surface area contributed by atoms with Gasteiger partial charge < -0.3 is 10.2 Å². The van der Waals surface area contributed by atoms with Gasteiger partial charge in [-0.3, -0.25) is 4.68 Å². The second-order valence-corrected chi connectivity index (χ2v) is 5.09. The lowest BCUT2D eigenvalue weighted by Crippen LogP contribution is -2.16. The summed E-state index contributed by atoms with van der Waals surface area (Å²) in [6.07, 6.45) is 3.90. The van der Waals surface area contributed by atoms with Crippen LogP contribution in [0.2, 0.25) is 5.02 Å². The number of benzene rings is 1. The molecule has 2 rings (SSSR count). The molecule has 5 heteroatoms. The topological polar surface area (TPSA) is 33.1 Å². The smallest absolute Gasteiger partial charge is 0.0539 e. The first-order chi connectivity index (χ1) is 9.10. The van der Waals surface area contributed by atoms with Crippen molar-refractivity contribution < 1.29 is 0 Å². The van der Waals surface area contributed by atoms with Crippen molar-refractivity contribution in [3.63, 3.8) is 0 Å². The second kappa shape index (κ2) is 6.08. The third-order valence-electron chi connectivity index (χ3n) is 3.02. The molecular formula is C14H19ClN4. The molecule has 4 nitrogen and oxygen atoms in total.